The zero-order valence-electron chi connectivity index (χ0n) is 11.8. The minimum Gasteiger partial charge on any atom is -0.491 e. The predicted octanol–water partition coefficient (Wildman–Crippen LogP) is 3.73. The number of benzene rings is 1. The van der Waals surface area contributed by atoms with Gasteiger partial charge in [0.15, 0.2) is 5.82 Å². The average Bonchev–Trinajstić information content (AvgIpc) is 2.38. The molecule has 0 radical (unpaired) electrons. The Hall–Kier alpha value is -1.65. The number of hydrogen-bond acceptors (Lipinski definition) is 4. The van der Waals surface area contributed by atoms with Gasteiger partial charge in [0.1, 0.15) is 17.5 Å². The van der Waals surface area contributed by atoms with Crippen LogP contribution in [0, 0.1) is 0 Å². The molecule has 0 fully saturated rings. The molecule has 0 aliphatic heterocycles. The summed E-state index contributed by atoms with van der Waals surface area (Å²) in [4.78, 5) is 8.53. The van der Waals surface area contributed by atoms with Gasteiger partial charge in [-0.2, -0.15) is 0 Å². The van der Waals surface area contributed by atoms with Gasteiger partial charge in [0.25, 0.3) is 0 Å². The Labute approximate surface area is 123 Å². The molecule has 5 heteroatoms. The highest BCUT2D eigenvalue weighted by Crippen LogP contribution is 2.23. The van der Waals surface area contributed by atoms with Crippen molar-refractivity contribution in [2.75, 3.05) is 7.11 Å². The summed E-state index contributed by atoms with van der Waals surface area (Å²) >= 11 is 6.00. The molecule has 0 saturated heterocycles. The van der Waals surface area contributed by atoms with Crippen molar-refractivity contribution in [3.8, 4) is 17.0 Å². The van der Waals surface area contributed by atoms with Crippen molar-refractivity contribution < 1.29 is 9.47 Å². The molecule has 106 valence electrons. The Kier molecular flexibility index (Phi) is 4.93. The number of rotatable bonds is 5. The summed E-state index contributed by atoms with van der Waals surface area (Å²) in [5, 5.41) is 0.407. The Morgan fingerprint density at radius 2 is 1.85 bits per heavy atom. The monoisotopic (exact) mass is 292 g/mol. The molecule has 0 amide bonds. The number of ether oxygens (including phenoxy) is 2. The second kappa shape index (κ2) is 6.68. The Bertz CT molecular complexity index is 571. The van der Waals surface area contributed by atoms with E-state index in [1.165, 1.54) is 0 Å². The number of nitrogens with zero attached hydrogens (tertiary/aromatic N) is 2. The highest BCUT2D eigenvalue weighted by atomic mass is 35.5. The third-order valence-corrected chi connectivity index (χ3v) is 2.73. The van der Waals surface area contributed by atoms with Crippen LogP contribution in [0.4, 0.5) is 0 Å². The van der Waals surface area contributed by atoms with E-state index >= 15 is 0 Å². The van der Waals surface area contributed by atoms with Crippen molar-refractivity contribution in [2.24, 2.45) is 0 Å². The van der Waals surface area contributed by atoms with Gasteiger partial charge in [-0.25, -0.2) is 9.97 Å². The van der Waals surface area contributed by atoms with Gasteiger partial charge < -0.3 is 9.47 Å². The lowest BCUT2D eigenvalue weighted by Crippen LogP contribution is -2.05. The van der Waals surface area contributed by atoms with E-state index in [1.807, 2.05) is 38.1 Å². The smallest absolute Gasteiger partial charge is 0.156 e. The molecule has 1 aromatic heterocycles. The van der Waals surface area contributed by atoms with E-state index in [4.69, 9.17) is 21.1 Å². The minimum atomic E-state index is 0.155. The van der Waals surface area contributed by atoms with Crippen molar-refractivity contribution in [1.29, 1.82) is 0 Å². The van der Waals surface area contributed by atoms with Crippen LogP contribution in [0.25, 0.3) is 11.3 Å². The van der Waals surface area contributed by atoms with Crippen LogP contribution in [0.5, 0.6) is 5.75 Å². The fourth-order valence-corrected chi connectivity index (χ4v) is 1.98. The van der Waals surface area contributed by atoms with Gasteiger partial charge in [-0.3, -0.25) is 0 Å². The fourth-order valence-electron chi connectivity index (χ4n) is 1.78. The van der Waals surface area contributed by atoms with Gasteiger partial charge in [-0.05, 0) is 38.1 Å². The summed E-state index contributed by atoms with van der Waals surface area (Å²) in [6.07, 6.45) is 0.155. The molecule has 20 heavy (non-hydrogen) atoms. The van der Waals surface area contributed by atoms with E-state index in [9.17, 15) is 0 Å². The van der Waals surface area contributed by atoms with Crippen LogP contribution in [0.15, 0.2) is 30.3 Å². The fraction of sp³-hybridized carbons (Fsp3) is 0.333. The van der Waals surface area contributed by atoms with E-state index in [2.05, 4.69) is 9.97 Å². The molecule has 0 atom stereocenters. The normalized spacial score (nSPS) is 10.8. The second-order valence-electron chi connectivity index (χ2n) is 4.62. The van der Waals surface area contributed by atoms with Gasteiger partial charge in [0.05, 0.1) is 11.8 Å². The van der Waals surface area contributed by atoms with E-state index in [-0.39, 0.29) is 6.10 Å². The topological polar surface area (TPSA) is 44.2 Å². The zero-order chi connectivity index (χ0) is 14.5. The van der Waals surface area contributed by atoms with E-state index < -0.39 is 0 Å². The van der Waals surface area contributed by atoms with Gasteiger partial charge >= 0.3 is 0 Å². The average molecular weight is 293 g/mol. The summed E-state index contributed by atoms with van der Waals surface area (Å²) in [7, 11) is 1.60. The molecule has 2 rings (SSSR count). The Morgan fingerprint density at radius 3 is 2.45 bits per heavy atom. The number of hydrogen-bond donors (Lipinski definition) is 0. The first-order valence-corrected chi connectivity index (χ1v) is 6.76. The molecule has 0 bridgehead atoms. The lowest BCUT2D eigenvalue weighted by atomic mass is 10.1. The number of methoxy groups -OCH3 is 1. The van der Waals surface area contributed by atoms with E-state index in [1.54, 1.807) is 13.2 Å². The maximum absolute atomic E-state index is 6.00. The first-order chi connectivity index (χ1) is 9.58. The largest absolute Gasteiger partial charge is 0.491 e. The first kappa shape index (κ1) is 14.8. The standard InChI is InChI=1S/C15H17ClN2O2/c1-10(2)20-12-6-4-11(5-7-12)13-8-14(16)18-15(17-13)9-19-3/h4-8,10H,9H2,1-3H3. The summed E-state index contributed by atoms with van der Waals surface area (Å²) in [5.74, 6) is 1.40. The molecule has 0 spiro atoms. The lowest BCUT2D eigenvalue weighted by Gasteiger charge is -2.10. The van der Waals surface area contributed by atoms with Crippen molar-refractivity contribution in [2.45, 2.75) is 26.6 Å². The Morgan fingerprint density at radius 1 is 1.15 bits per heavy atom. The van der Waals surface area contributed by atoms with Crippen molar-refractivity contribution in [3.63, 3.8) is 0 Å². The lowest BCUT2D eigenvalue weighted by molar-refractivity contribution is 0.178. The maximum atomic E-state index is 6.00. The molecular formula is C15H17ClN2O2. The maximum Gasteiger partial charge on any atom is 0.156 e. The highest BCUT2D eigenvalue weighted by molar-refractivity contribution is 6.29. The zero-order valence-corrected chi connectivity index (χ0v) is 12.5. The number of halogens is 1. The molecule has 4 nitrogen and oxygen atoms in total. The molecule has 1 heterocycles. The molecule has 2 aromatic rings. The molecular weight excluding hydrogens is 276 g/mol. The minimum absolute atomic E-state index is 0.155. The molecule has 0 N–H and O–H groups in total. The van der Waals surface area contributed by atoms with Crippen molar-refractivity contribution in [1.82, 2.24) is 9.97 Å². The van der Waals surface area contributed by atoms with E-state index in [0.717, 1.165) is 17.0 Å². The molecule has 1 aromatic carbocycles. The van der Waals surface area contributed by atoms with Crippen LogP contribution in [-0.4, -0.2) is 23.2 Å². The van der Waals surface area contributed by atoms with Crippen LogP contribution in [0.2, 0.25) is 5.15 Å². The van der Waals surface area contributed by atoms with Gasteiger partial charge in [0, 0.05) is 18.7 Å². The summed E-state index contributed by atoms with van der Waals surface area (Å²) in [6, 6.07) is 9.47. The van der Waals surface area contributed by atoms with E-state index in [0.29, 0.717) is 17.6 Å². The third kappa shape index (κ3) is 3.92. The predicted molar refractivity (Wildman–Crippen MR) is 79.0 cm³/mol. The molecule has 0 saturated carbocycles. The summed E-state index contributed by atoms with van der Waals surface area (Å²) in [5.41, 5.74) is 1.73. The quantitative estimate of drug-likeness (QED) is 0.788. The van der Waals surface area contributed by atoms with Crippen LogP contribution in [-0.2, 0) is 11.3 Å². The van der Waals surface area contributed by atoms with Crippen LogP contribution in [0.3, 0.4) is 0 Å². The van der Waals surface area contributed by atoms with Crippen LogP contribution in [0.1, 0.15) is 19.7 Å². The van der Waals surface area contributed by atoms with Crippen molar-refractivity contribution in [3.05, 3.63) is 41.3 Å². The summed E-state index contributed by atoms with van der Waals surface area (Å²) < 4.78 is 10.6. The highest BCUT2D eigenvalue weighted by Gasteiger charge is 2.06. The Balaban J connectivity index is 2.26. The second-order valence-corrected chi connectivity index (χ2v) is 5.00. The molecule has 0 unspecified atom stereocenters. The van der Waals surface area contributed by atoms with Crippen LogP contribution >= 0.6 is 11.6 Å². The van der Waals surface area contributed by atoms with Crippen molar-refractivity contribution >= 4 is 11.6 Å². The number of aromatic nitrogens is 2. The molecule has 0 aliphatic carbocycles. The summed E-state index contributed by atoms with van der Waals surface area (Å²) in [6.45, 7) is 4.33. The van der Waals surface area contributed by atoms with Gasteiger partial charge in [-0.1, -0.05) is 11.6 Å². The van der Waals surface area contributed by atoms with Gasteiger partial charge in [0.2, 0.25) is 0 Å². The first-order valence-electron chi connectivity index (χ1n) is 6.38. The van der Waals surface area contributed by atoms with Gasteiger partial charge in [-0.15, -0.1) is 0 Å². The third-order valence-electron chi connectivity index (χ3n) is 2.54. The van der Waals surface area contributed by atoms with Crippen LogP contribution < -0.4 is 4.74 Å². The molecule has 0 aliphatic rings. The SMILES string of the molecule is COCc1nc(Cl)cc(-c2ccc(OC(C)C)cc2)n1.